The first-order valence-corrected chi connectivity index (χ1v) is 6.61. The Morgan fingerprint density at radius 2 is 2.13 bits per heavy atom. The van der Waals surface area contributed by atoms with E-state index < -0.39 is 0 Å². The van der Waals surface area contributed by atoms with Crippen LogP contribution in [-0.4, -0.2) is 36.6 Å². The molecule has 0 aromatic heterocycles. The average molecular weight is 212 g/mol. The molecule has 1 heterocycles. The van der Waals surface area contributed by atoms with Crippen LogP contribution in [0.2, 0.25) is 0 Å². The number of hydrogen-bond donors (Lipinski definition) is 1. The summed E-state index contributed by atoms with van der Waals surface area (Å²) < 4.78 is 0. The summed E-state index contributed by atoms with van der Waals surface area (Å²) in [6.45, 7) is 13.0. The molecule has 1 aliphatic rings. The summed E-state index contributed by atoms with van der Waals surface area (Å²) in [5.74, 6) is 0.912. The molecule has 2 unspecified atom stereocenters. The van der Waals surface area contributed by atoms with Crippen molar-refractivity contribution in [2.75, 3.05) is 19.6 Å². The molecule has 0 amide bonds. The lowest BCUT2D eigenvalue weighted by Gasteiger charge is -2.34. The minimum Gasteiger partial charge on any atom is -0.314 e. The lowest BCUT2D eigenvalue weighted by molar-refractivity contribution is 0.160. The fraction of sp³-hybridized carbons (Fsp3) is 1.00. The van der Waals surface area contributed by atoms with Gasteiger partial charge in [0, 0.05) is 18.6 Å². The van der Waals surface area contributed by atoms with Crippen LogP contribution in [0.15, 0.2) is 0 Å². The number of piperidine rings is 1. The van der Waals surface area contributed by atoms with Gasteiger partial charge in [-0.05, 0) is 59.0 Å². The van der Waals surface area contributed by atoms with E-state index in [1.165, 1.54) is 38.9 Å². The standard InChI is InChI=1S/C13H28N2/c1-5-8-15(11(2)3)10-13-6-7-14-12(4)9-13/h11-14H,5-10H2,1-4H3. The predicted octanol–water partition coefficient (Wildman–Crippen LogP) is 2.49. The van der Waals surface area contributed by atoms with Crippen LogP contribution in [0.5, 0.6) is 0 Å². The van der Waals surface area contributed by atoms with E-state index in [0.29, 0.717) is 6.04 Å². The molecule has 1 aliphatic heterocycles. The zero-order valence-electron chi connectivity index (χ0n) is 10.9. The topological polar surface area (TPSA) is 15.3 Å². The first-order chi connectivity index (χ1) is 7.13. The van der Waals surface area contributed by atoms with Crippen molar-refractivity contribution >= 4 is 0 Å². The molecule has 1 N–H and O–H groups in total. The SMILES string of the molecule is CCCN(CC1CCNC(C)C1)C(C)C. The summed E-state index contributed by atoms with van der Waals surface area (Å²) in [6.07, 6.45) is 3.99. The summed E-state index contributed by atoms with van der Waals surface area (Å²) in [5, 5.41) is 3.53. The van der Waals surface area contributed by atoms with Gasteiger partial charge in [0.05, 0.1) is 0 Å². The zero-order chi connectivity index (χ0) is 11.3. The molecule has 0 spiro atoms. The lowest BCUT2D eigenvalue weighted by Crippen LogP contribution is -2.42. The summed E-state index contributed by atoms with van der Waals surface area (Å²) in [5.41, 5.74) is 0. The second-order valence-electron chi connectivity index (χ2n) is 5.33. The normalized spacial score (nSPS) is 27.6. The quantitative estimate of drug-likeness (QED) is 0.753. The minimum atomic E-state index is 0.704. The fourth-order valence-corrected chi connectivity index (χ4v) is 2.58. The summed E-state index contributed by atoms with van der Waals surface area (Å²) in [6, 6.07) is 1.43. The Labute approximate surface area is 95.4 Å². The van der Waals surface area contributed by atoms with E-state index in [1.54, 1.807) is 0 Å². The smallest absolute Gasteiger partial charge is 0.00418 e. The van der Waals surface area contributed by atoms with E-state index in [0.717, 1.165) is 12.0 Å². The Morgan fingerprint density at radius 3 is 2.67 bits per heavy atom. The van der Waals surface area contributed by atoms with E-state index in [1.807, 2.05) is 0 Å². The highest BCUT2D eigenvalue weighted by molar-refractivity contribution is 4.78. The highest BCUT2D eigenvalue weighted by atomic mass is 15.1. The molecule has 2 atom stereocenters. The van der Waals surface area contributed by atoms with Crippen molar-refractivity contribution in [3.05, 3.63) is 0 Å². The van der Waals surface area contributed by atoms with E-state index >= 15 is 0 Å². The number of nitrogens with zero attached hydrogens (tertiary/aromatic N) is 1. The van der Waals surface area contributed by atoms with E-state index in [2.05, 4.69) is 37.9 Å². The number of nitrogens with one attached hydrogen (secondary N) is 1. The first kappa shape index (κ1) is 13.0. The minimum absolute atomic E-state index is 0.704. The molecule has 0 aromatic rings. The van der Waals surface area contributed by atoms with Gasteiger partial charge in [-0.1, -0.05) is 6.92 Å². The van der Waals surface area contributed by atoms with Crippen LogP contribution in [0.3, 0.4) is 0 Å². The molecule has 0 radical (unpaired) electrons. The van der Waals surface area contributed by atoms with Gasteiger partial charge < -0.3 is 10.2 Å². The lowest BCUT2D eigenvalue weighted by atomic mass is 9.92. The molecule has 1 rings (SSSR count). The zero-order valence-corrected chi connectivity index (χ0v) is 10.9. The van der Waals surface area contributed by atoms with Gasteiger partial charge in [0.15, 0.2) is 0 Å². The van der Waals surface area contributed by atoms with Crippen LogP contribution in [0.4, 0.5) is 0 Å². The maximum absolute atomic E-state index is 3.53. The first-order valence-electron chi connectivity index (χ1n) is 6.61. The maximum atomic E-state index is 3.53. The monoisotopic (exact) mass is 212 g/mol. The molecule has 0 aromatic carbocycles. The van der Waals surface area contributed by atoms with Crippen molar-refractivity contribution in [2.24, 2.45) is 5.92 Å². The van der Waals surface area contributed by atoms with Crippen molar-refractivity contribution < 1.29 is 0 Å². The van der Waals surface area contributed by atoms with Crippen molar-refractivity contribution in [3.63, 3.8) is 0 Å². The van der Waals surface area contributed by atoms with Gasteiger partial charge in [0.2, 0.25) is 0 Å². The molecule has 15 heavy (non-hydrogen) atoms. The third-order valence-corrected chi connectivity index (χ3v) is 3.47. The van der Waals surface area contributed by atoms with Gasteiger partial charge in [-0.25, -0.2) is 0 Å². The van der Waals surface area contributed by atoms with Crippen LogP contribution < -0.4 is 5.32 Å². The van der Waals surface area contributed by atoms with Crippen molar-refractivity contribution in [3.8, 4) is 0 Å². The molecule has 0 bridgehead atoms. The van der Waals surface area contributed by atoms with Gasteiger partial charge in [-0.3, -0.25) is 0 Å². The highest BCUT2D eigenvalue weighted by Crippen LogP contribution is 2.18. The van der Waals surface area contributed by atoms with Gasteiger partial charge >= 0.3 is 0 Å². The Morgan fingerprint density at radius 1 is 1.40 bits per heavy atom. The van der Waals surface area contributed by atoms with Crippen molar-refractivity contribution in [1.29, 1.82) is 0 Å². The van der Waals surface area contributed by atoms with Gasteiger partial charge in [-0.2, -0.15) is 0 Å². The highest BCUT2D eigenvalue weighted by Gasteiger charge is 2.21. The van der Waals surface area contributed by atoms with Crippen molar-refractivity contribution in [1.82, 2.24) is 10.2 Å². The van der Waals surface area contributed by atoms with E-state index in [-0.39, 0.29) is 0 Å². The summed E-state index contributed by atoms with van der Waals surface area (Å²) in [7, 11) is 0. The fourth-order valence-electron chi connectivity index (χ4n) is 2.58. The Bertz CT molecular complexity index is 168. The molecule has 1 fully saturated rings. The van der Waals surface area contributed by atoms with Gasteiger partial charge in [0.25, 0.3) is 0 Å². The number of hydrogen-bond acceptors (Lipinski definition) is 2. The summed E-state index contributed by atoms with van der Waals surface area (Å²) in [4.78, 5) is 2.64. The number of rotatable bonds is 5. The van der Waals surface area contributed by atoms with Crippen LogP contribution in [0, 0.1) is 5.92 Å². The van der Waals surface area contributed by atoms with E-state index in [4.69, 9.17) is 0 Å². The summed E-state index contributed by atoms with van der Waals surface area (Å²) >= 11 is 0. The Hall–Kier alpha value is -0.0800. The second kappa shape index (κ2) is 6.49. The molecule has 0 aliphatic carbocycles. The van der Waals surface area contributed by atoms with Crippen molar-refractivity contribution in [2.45, 2.75) is 59.0 Å². The molecule has 1 saturated heterocycles. The molecular weight excluding hydrogens is 184 g/mol. The third-order valence-electron chi connectivity index (χ3n) is 3.47. The maximum Gasteiger partial charge on any atom is 0.00418 e. The second-order valence-corrected chi connectivity index (χ2v) is 5.33. The van der Waals surface area contributed by atoms with E-state index in [9.17, 15) is 0 Å². The van der Waals surface area contributed by atoms with Crippen LogP contribution in [0.1, 0.15) is 47.0 Å². The largest absolute Gasteiger partial charge is 0.314 e. The average Bonchev–Trinajstić information content (AvgIpc) is 2.17. The van der Waals surface area contributed by atoms with Crippen LogP contribution >= 0.6 is 0 Å². The van der Waals surface area contributed by atoms with Gasteiger partial charge in [-0.15, -0.1) is 0 Å². The molecular formula is C13H28N2. The van der Waals surface area contributed by atoms with Crippen LogP contribution in [-0.2, 0) is 0 Å². The molecule has 0 saturated carbocycles. The molecule has 90 valence electrons. The Balaban J connectivity index is 2.35. The van der Waals surface area contributed by atoms with Gasteiger partial charge in [0.1, 0.15) is 0 Å². The van der Waals surface area contributed by atoms with Crippen LogP contribution in [0.25, 0.3) is 0 Å². The Kier molecular flexibility index (Phi) is 5.62. The molecule has 2 heteroatoms. The molecule has 2 nitrogen and oxygen atoms in total. The third kappa shape index (κ3) is 4.52. The predicted molar refractivity (Wildman–Crippen MR) is 67.2 cm³/mol.